The van der Waals surface area contributed by atoms with Crippen molar-refractivity contribution in [2.75, 3.05) is 0 Å². The van der Waals surface area contributed by atoms with Crippen LogP contribution in [-0.4, -0.2) is 10.1 Å². The number of aromatic hydroxyl groups is 1. The number of phenolic OH excluding ortho intramolecular Hbond substituents is 1. The molecule has 47 heavy (non-hydrogen) atoms. The van der Waals surface area contributed by atoms with Gasteiger partial charge >= 0.3 is 27.9 Å². The van der Waals surface area contributed by atoms with Gasteiger partial charge in [-0.25, -0.2) is 4.39 Å². The molecule has 0 saturated heterocycles. The molecule has 0 spiro atoms. The fourth-order valence-corrected chi connectivity index (χ4v) is 4.36. The first kappa shape index (κ1) is 39.2. The molecule has 2 nitrogen and oxygen atoms in total. The van der Waals surface area contributed by atoms with Gasteiger partial charge in [-0.05, 0) is 39.8 Å². The Balaban J connectivity index is 0.000000419. The molecule has 0 atom stereocenters. The van der Waals surface area contributed by atoms with Gasteiger partial charge in [0.1, 0.15) is 5.75 Å². The summed E-state index contributed by atoms with van der Waals surface area (Å²) in [4.78, 5) is 4.46. The Morgan fingerprint density at radius 1 is 0.638 bits per heavy atom. The number of hydrogen-bond acceptors (Lipinski definition) is 2. The van der Waals surface area contributed by atoms with Gasteiger partial charge in [0, 0.05) is 16.9 Å². The number of rotatable bonds is 2. The Hall–Kier alpha value is -4.00. The number of phenols is 1. The second kappa shape index (κ2) is 16.2. The average molecular weight is 675 g/mol. The molecule has 1 N–H and O–H groups in total. The zero-order chi connectivity index (χ0) is 34.3. The standard InChI is InChI=1S/C26H26F4NO.2C7H7.Ti/c1-24(2,3)16-13-19(23(32)20(14-16)25(4,5)6)22-9-7-8-21(31-22)15-10-17(26(28,29)30)12-18(27)11-15;2*1-7-5-3-2-4-6-7;/h7-10,12-14,32H,1-6H3;2*2-6H,1H2;/q3*-1;+3. The maximum Gasteiger partial charge on any atom is 3.00 e. The van der Waals surface area contributed by atoms with E-state index in [2.05, 4.69) is 45.7 Å². The molecule has 0 unspecified atom stereocenters. The van der Waals surface area contributed by atoms with Gasteiger partial charge in [-0.2, -0.15) is 62.4 Å². The van der Waals surface area contributed by atoms with Crippen LogP contribution in [0, 0.1) is 25.7 Å². The van der Waals surface area contributed by atoms with E-state index in [4.69, 9.17) is 0 Å². The molecule has 0 aliphatic rings. The third kappa shape index (κ3) is 11.6. The van der Waals surface area contributed by atoms with E-state index in [1.54, 1.807) is 12.1 Å². The maximum atomic E-state index is 13.9. The van der Waals surface area contributed by atoms with E-state index in [1.807, 2.05) is 93.6 Å². The van der Waals surface area contributed by atoms with E-state index in [-0.39, 0.29) is 49.6 Å². The van der Waals surface area contributed by atoms with E-state index in [1.165, 1.54) is 6.07 Å². The molecule has 0 aliphatic carbocycles. The SMILES string of the molecule is CC(C)(C)c1cc(-c2cccc(-c3[c-]c(F)cc(C(F)(F)F)c3)n2)c(O)c(C(C)(C)C)c1.[CH2-]c1ccccc1.[CH2-]c1ccccc1.[Ti+3]. The molecular formula is C40H40F4NOTi. The van der Waals surface area contributed by atoms with Crippen molar-refractivity contribution in [3.8, 4) is 28.3 Å². The van der Waals surface area contributed by atoms with Crippen LogP contribution in [0.2, 0.25) is 0 Å². The van der Waals surface area contributed by atoms with Crippen LogP contribution in [0.5, 0.6) is 5.75 Å². The van der Waals surface area contributed by atoms with Crippen molar-refractivity contribution >= 4 is 0 Å². The van der Waals surface area contributed by atoms with Gasteiger partial charge in [0.15, 0.2) is 0 Å². The van der Waals surface area contributed by atoms with Crippen molar-refractivity contribution in [3.63, 3.8) is 0 Å². The summed E-state index contributed by atoms with van der Waals surface area (Å²) in [7, 11) is 0. The molecule has 0 bridgehead atoms. The minimum Gasteiger partial charge on any atom is -0.507 e. The van der Waals surface area contributed by atoms with E-state index in [0.717, 1.165) is 28.3 Å². The number of pyridine rings is 1. The summed E-state index contributed by atoms with van der Waals surface area (Å²) >= 11 is 0. The van der Waals surface area contributed by atoms with Gasteiger partial charge in [0.25, 0.3) is 0 Å². The van der Waals surface area contributed by atoms with Crippen LogP contribution in [0.4, 0.5) is 17.6 Å². The summed E-state index contributed by atoms with van der Waals surface area (Å²) < 4.78 is 53.3. The van der Waals surface area contributed by atoms with Gasteiger partial charge in [0.2, 0.25) is 0 Å². The summed E-state index contributed by atoms with van der Waals surface area (Å²) in [6.07, 6.45) is -4.69. The van der Waals surface area contributed by atoms with Gasteiger partial charge in [-0.1, -0.05) is 77.9 Å². The van der Waals surface area contributed by atoms with Crippen molar-refractivity contribution in [1.82, 2.24) is 4.98 Å². The predicted molar refractivity (Wildman–Crippen MR) is 180 cm³/mol. The van der Waals surface area contributed by atoms with E-state index in [0.29, 0.717) is 17.3 Å². The van der Waals surface area contributed by atoms with Crippen molar-refractivity contribution in [3.05, 3.63) is 157 Å². The van der Waals surface area contributed by atoms with Crippen molar-refractivity contribution < 1.29 is 44.4 Å². The quantitative estimate of drug-likeness (QED) is 0.115. The van der Waals surface area contributed by atoms with Gasteiger partial charge < -0.3 is 5.11 Å². The Labute approximate surface area is 291 Å². The van der Waals surface area contributed by atoms with Crippen LogP contribution in [0.1, 0.15) is 69.4 Å². The van der Waals surface area contributed by atoms with Crippen LogP contribution in [0.15, 0.2) is 103 Å². The minimum atomic E-state index is -4.69. The monoisotopic (exact) mass is 674 g/mol. The minimum absolute atomic E-state index is 0. The Morgan fingerprint density at radius 3 is 1.57 bits per heavy atom. The predicted octanol–water partition coefficient (Wildman–Crippen LogP) is 11.4. The van der Waals surface area contributed by atoms with Crippen LogP contribution < -0.4 is 0 Å². The van der Waals surface area contributed by atoms with Crippen LogP contribution in [-0.2, 0) is 38.7 Å². The average Bonchev–Trinajstić information content (AvgIpc) is 2.97. The smallest absolute Gasteiger partial charge is 0.507 e. The topological polar surface area (TPSA) is 33.1 Å². The number of benzene rings is 4. The Morgan fingerprint density at radius 2 is 1.15 bits per heavy atom. The molecule has 1 heterocycles. The normalized spacial score (nSPS) is 11.3. The zero-order valence-electron chi connectivity index (χ0n) is 27.6. The van der Waals surface area contributed by atoms with Gasteiger partial charge in [-0.15, -0.1) is 42.0 Å². The zero-order valence-corrected chi connectivity index (χ0v) is 29.2. The fourth-order valence-electron chi connectivity index (χ4n) is 4.36. The molecule has 0 amide bonds. The number of hydrogen-bond donors (Lipinski definition) is 1. The van der Waals surface area contributed by atoms with Crippen LogP contribution in [0.25, 0.3) is 22.5 Å². The number of nitrogens with zero attached hydrogens (tertiary/aromatic N) is 1. The molecule has 4 aromatic carbocycles. The summed E-state index contributed by atoms with van der Waals surface area (Å²) in [5.74, 6) is -1.05. The molecule has 0 fully saturated rings. The molecule has 5 aromatic rings. The molecule has 1 aromatic heterocycles. The van der Waals surface area contributed by atoms with Gasteiger partial charge in [0.05, 0.1) is 5.69 Å². The molecule has 243 valence electrons. The van der Waals surface area contributed by atoms with Crippen molar-refractivity contribution in [2.45, 2.75) is 58.5 Å². The van der Waals surface area contributed by atoms with Crippen molar-refractivity contribution in [1.29, 1.82) is 0 Å². The van der Waals surface area contributed by atoms with E-state index in [9.17, 15) is 22.7 Å². The van der Waals surface area contributed by atoms with Crippen LogP contribution in [0.3, 0.4) is 0 Å². The third-order valence-corrected chi connectivity index (χ3v) is 6.93. The Kier molecular flexibility index (Phi) is 13.5. The molecule has 0 aliphatic heterocycles. The first-order valence-electron chi connectivity index (χ1n) is 14.8. The Bertz CT molecular complexity index is 1680. The molecular weight excluding hydrogens is 634 g/mol. The summed E-state index contributed by atoms with van der Waals surface area (Å²) in [5, 5.41) is 11.1. The third-order valence-electron chi connectivity index (χ3n) is 6.93. The maximum absolute atomic E-state index is 13.9. The first-order valence-corrected chi connectivity index (χ1v) is 14.8. The first-order chi connectivity index (χ1) is 21.4. The summed E-state index contributed by atoms with van der Waals surface area (Å²) in [6, 6.07) is 31.9. The second-order valence-electron chi connectivity index (χ2n) is 12.9. The summed E-state index contributed by atoms with van der Waals surface area (Å²) in [5.41, 5.74) is 3.07. The molecule has 1 radical (unpaired) electrons. The number of halogens is 4. The number of aromatic nitrogens is 1. The fraction of sp³-hybridized carbons (Fsp3) is 0.225. The van der Waals surface area contributed by atoms with Crippen LogP contribution >= 0.6 is 0 Å². The largest absolute Gasteiger partial charge is 3.00 e. The molecule has 0 saturated carbocycles. The van der Waals surface area contributed by atoms with Gasteiger partial charge in [-0.3, -0.25) is 4.98 Å². The van der Waals surface area contributed by atoms with E-state index >= 15 is 0 Å². The second-order valence-corrected chi connectivity index (χ2v) is 12.9. The summed E-state index contributed by atoms with van der Waals surface area (Å²) in [6.45, 7) is 19.6. The molecule has 7 heteroatoms. The molecule has 5 rings (SSSR count). The number of alkyl halides is 3. The van der Waals surface area contributed by atoms with E-state index < -0.39 is 17.6 Å². The van der Waals surface area contributed by atoms with Crippen molar-refractivity contribution in [2.24, 2.45) is 0 Å².